The molecule has 1 fully saturated rings. The molecular formula is C17H17BrClNO. The van der Waals surface area contributed by atoms with Gasteiger partial charge in [0.15, 0.2) is 5.78 Å². The molecule has 1 aliphatic carbocycles. The topological polar surface area (TPSA) is 22.0 Å². The van der Waals surface area contributed by atoms with Crippen LogP contribution in [0.25, 0.3) is 11.3 Å². The zero-order valence-electron chi connectivity index (χ0n) is 12.1. The summed E-state index contributed by atoms with van der Waals surface area (Å²) in [7, 11) is 1.96. The van der Waals surface area contributed by atoms with E-state index < -0.39 is 0 Å². The minimum atomic E-state index is 0.232. The zero-order valence-corrected chi connectivity index (χ0v) is 14.5. The Bertz CT molecular complexity index is 699. The van der Waals surface area contributed by atoms with Crippen LogP contribution in [0.15, 0.2) is 28.7 Å². The van der Waals surface area contributed by atoms with Crippen molar-refractivity contribution in [3.8, 4) is 11.3 Å². The molecule has 0 amide bonds. The summed E-state index contributed by atoms with van der Waals surface area (Å²) in [5.74, 6) is 0.828. The first-order chi connectivity index (χ1) is 9.99. The number of hydrogen-bond donors (Lipinski definition) is 0. The maximum atomic E-state index is 12.5. The van der Waals surface area contributed by atoms with E-state index in [-0.39, 0.29) is 5.78 Å². The number of rotatable bonds is 4. The van der Waals surface area contributed by atoms with E-state index in [0.717, 1.165) is 32.0 Å². The maximum Gasteiger partial charge on any atom is 0.180 e. The third-order valence-electron chi connectivity index (χ3n) is 4.12. The zero-order chi connectivity index (χ0) is 15.1. The molecule has 2 nitrogen and oxygen atoms in total. The van der Waals surface area contributed by atoms with Gasteiger partial charge in [0.1, 0.15) is 0 Å². The van der Waals surface area contributed by atoms with Crippen LogP contribution in [0.2, 0.25) is 5.02 Å². The highest BCUT2D eigenvalue weighted by Gasteiger charge is 2.29. The summed E-state index contributed by atoms with van der Waals surface area (Å²) in [5, 5.41) is 0.717. The molecule has 21 heavy (non-hydrogen) atoms. The third-order valence-corrected chi connectivity index (χ3v) is 5.34. The van der Waals surface area contributed by atoms with Crippen LogP contribution in [0.1, 0.15) is 35.3 Å². The highest BCUT2D eigenvalue weighted by Crippen LogP contribution is 2.38. The van der Waals surface area contributed by atoms with Crippen LogP contribution in [-0.4, -0.2) is 10.4 Å². The fourth-order valence-electron chi connectivity index (χ4n) is 2.80. The number of halogens is 2. The lowest BCUT2D eigenvalue weighted by Gasteiger charge is -2.08. The molecule has 0 N–H and O–H groups in total. The number of carbonyl (C=O) groups excluding carboxylic acids is 1. The van der Waals surface area contributed by atoms with E-state index in [4.69, 9.17) is 11.6 Å². The normalized spacial score (nSPS) is 14.5. The van der Waals surface area contributed by atoms with Gasteiger partial charge in [0.05, 0.1) is 11.4 Å². The van der Waals surface area contributed by atoms with Gasteiger partial charge in [0.2, 0.25) is 0 Å². The quantitative estimate of drug-likeness (QED) is 0.664. The van der Waals surface area contributed by atoms with Crippen molar-refractivity contribution in [2.24, 2.45) is 13.0 Å². The molecule has 3 rings (SSSR count). The number of aromatic nitrogens is 1. The first kappa shape index (κ1) is 14.9. The largest absolute Gasteiger partial charge is 0.340 e. The van der Waals surface area contributed by atoms with Gasteiger partial charge in [-0.2, -0.15) is 0 Å². The molecule has 0 bridgehead atoms. The van der Waals surface area contributed by atoms with Gasteiger partial charge in [-0.05, 0) is 64.9 Å². The smallest absolute Gasteiger partial charge is 0.180 e. The summed E-state index contributed by atoms with van der Waals surface area (Å²) in [6.45, 7) is 2.04. The molecule has 1 aromatic heterocycles. The Morgan fingerprint density at radius 1 is 1.33 bits per heavy atom. The first-order valence-corrected chi connectivity index (χ1v) is 8.30. The minimum absolute atomic E-state index is 0.232. The first-order valence-electron chi connectivity index (χ1n) is 7.13. The standard InChI is InChI=1S/C17H17BrClNO/c1-10-15(18)17(14(21)9-11-3-4-11)20(2)16(10)12-5-7-13(19)8-6-12/h5-8,11H,3-4,9H2,1-2H3. The Morgan fingerprint density at radius 3 is 2.52 bits per heavy atom. The van der Waals surface area contributed by atoms with Gasteiger partial charge in [-0.1, -0.05) is 23.7 Å². The highest BCUT2D eigenvalue weighted by molar-refractivity contribution is 9.10. The van der Waals surface area contributed by atoms with Crippen molar-refractivity contribution in [3.63, 3.8) is 0 Å². The van der Waals surface area contributed by atoms with Crippen LogP contribution in [0, 0.1) is 12.8 Å². The van der Waals surface area contributed by atoms with Crippen molar-refractivity contribution >= 4 is 33.3 Å². The second-order valence-corrected chi connectivity index (χ2v) is 7.00. The van der Waals surface area contributed by atoms with Crippen LogP contribution >= 0.6 is 27.5 Å². The molecule has 0 spiro atoms. The summed E-state index contributed by atoms with van der Waals surface area (Å²) >= 11 is 9.57. The van der Waals surface area contributed by atoms with Crippen LogP contribution < -0.4 is 0 Å². The third kappa shape index (κ3) is 2.82. The fraction of sp³-hybridized carbons (Fsp3) is 0.353. The van der Waals surface area contributed by atoms with Crippen molar-refractivity contribution in [2.45, 2.75) is 26.2 Å². The van der Waals surface area contributed by atoms with Gasteiger partial charge in [-0.3, -0.25) is 4.79 Å². The lowest BCUT2D eigenvalue weighted by molar-refractivity contribution is 0.0967. The van der Waals surface area contributed by atoms with E-state index in [1.807, 2.05) is 42.8 Å². The van der Waals surface area contributed by atoms with E-state index in [1.54, 1.807) is 0 Å². The summed E-state index contributed by atoms with van der Waals surface area (Å²) in [4.78, 5) is 12.5. The molecular weight excluding hydrogens is 350 g/mol. The number of Topliss-reactive ketones (excluding diaryl/α,β-unsaturated/α-hetero) is 1. The highest BCUT2D eigenvalue weighted by atomic mass is 79.9. The summed E-state index contributed by atoms with van der Waals surface area (Å²) in [6.07, 6.45) is 3.05. The average molecular weight is 367 g/mol. The van der Waals surface area contributed by atoms with Crippen molar-refractivity contribution < 1.29 is 4.79 Å². The molecule has 0 unspecified atom stereocenters. The van der Waals surface area contributed by atoms with Gasteiger partial charge in [0, 0.05) is 23.0 Å². The second kappa shape index (κ2) is 5.62. The Labute approximate surface area is 138 Å². The van der Waals surface area contributed by atoms with E-state index in [2.05, 4.69) is 15.9 Å². The van der Waals surface area contributed by atoms with Gasteiger partial charge in [-0.25, -0.2) is 0 Å². The van der Waals surface area contributed by atoms with Crippen LogP contribution in [-0.2, 0) is 7.05 Å². The predicted molar refractivity (Wildman–Crippen MR) is 90.0 cm³/mol. The Morgan fingerprint density at radius 2 is 1.95 bits per heavy atom. The fourth-order valence-corrected chi connectivity index (χ4v) is 3.60. The molecule has 4 heteroatoms. The molecule has 1 aromatic carbocycles. The summed E-state index contributed by atoms with van der Waals surface area (Å²) < 4.78 is 2.92. The van der Waals surface area contributed by atoms with Crippen LogP contribution in [0.5, 0.6) is 0 Å². The van der Waals surface area contributed by atoms with Crippen molar-refractivity contribution in [1.29, 1.82) is 0 Å². The average Bonchev–Trinajstić information content (AvgIpc) is 3.21. The molecule has 0 aliphatic heterocycles. The lowest BCUT2D eigenvalue weighted by atomic mass is 10.1. The number of hydrogen-bond acceptors (Lipinski definition) is 1. The minimum Gasteiger partial charge on any atom is -0.340 e. The second-order valence-electron chi connectivity index (χ2n) is 5.77. The molecule has 0 atom stereocenters. The number of benzene rings is 1. The molecule has 0 saturated heterocycles. The number of nitrogens with zero attached hydrogens (tertiary/aromatic N) is 1. The summed E-state index contributed by atoms with van der Waals surface area (Å²) in [5.41, 5.74) is 4.02. The Balaban J connectivity index is 2.05. The monoisotopic (exact) mass is 365 g/mol. The maximum absolute atomic E-state index is 12.5. The van der Waals surface area contributed by atoms with E-state index in [1.165, 1.54) is 12.8 Å². The van der Waals surface area contributed by atoms with Crippen molar-refractivity contribution in [2.75, 3.05) is 0 Å². The molecule has 1 aliphatic rings. The summed E-state index contributed by atoms with van der Waals surface area (Å²) in [6, 6.07) is 7.74. The van der Waals surface area contributed by atoms with Crippen LogP contribution in [0.3, 0.4) is 0 Å². The van der Waals surface area contributed by atoms with Crippen molar-refractivity contribution in [3.05, 3.63) is 45.0 Å². The Hall–Kier alpha value is -1.06. The van der Waals surface area contributed by atoms with E-state index in [9.17, 15) is 4.79 Å². The molecule has 1 heterocycles. The van der Waals surface area contributed by atoms with Crippen molar-refractivity contribution in [1.82, 2.24) is 4.57 Å². The van der Waals surface area contributed by atoms with E-state index >= 15 is 0 Å². The molecule has 2 aromatic rings. The van der Waals surface area contributed by atoms with Gasteiger partial charge in [0.25, 0.3) is 0 Å². The van der Waals surface area contributed by atoms with Gasteiger partial charge >= 0.3 is 0 Å². The van der Waals surface area contributed by atoms with E-state index in [0.29, 0.717) is 12.3 Å². The number of ketones is 1. The number of carbonyl (C=O) groups is 1. The van der Waals surface area contributed by atoms with Crippen LogP contribution in [0.4, 0.5) is 0 Å². The lowest BCUT2D eigenvalue weighted by Crippen LogP contribution is -2.08. The van der Waals surface area contributed by atoms with Gasteiger partial charge in [-0.15, -0.1) is 0 Å². The SMILES string of the molecule is Cc1c(Br)c(C(=O)CC2CC2)n(C)c1-c1ccc(Cl)cc1. The van der Waals surface area contributed by atoms with Gasteiger partial charge < -0.3 is 4.57 Å². The molecule has 1 saturated carbocycles. The molecule has 0 radical (unpaired) electrons. The predicted octanol–water partition coefficient (Wildman–Crippen LogP) is 5.40. The Kier molecular flexibility index (Phi) is 3.98. The molecule has 110 valence electrons.